The van der Waals surface area contributed by atoms with Crippen molar-refractivity contribution in [2.75, 3.05) is 0 Å². The number of rotatable bonds is 5. The van der Waals surface area contributed by atoms with Gasteiger partial charge >= 0.3 is 0 Å². The van der Waals surface area contributed by atoms with Gasteiger partial charge in [-0.1, -0.05) is 212 Å². The van der Waals surface area contributed by atoms with E-state index in [1.807, 2.05) is 12.1 Å². The molecule has 12 rings (SSSR count). The number of aromatic nitrogens is 3. The summed E-state index contributed by atoms with van der Waals surface area (Å²) in [5.41, 5.74) is 19.1. The topological polar surface area (TPSA) is 38.7 Å². The molecule has 0 radical (unpaired) electrons. The molecule has 0 unspecified atom stereocenters. The van der Waals surface area contributed by atoms with Gasteiger partial charge in [0.2, 0.25) is 0 Å². The summed E-state index contributed by atoms with van der Waals surface area (Å²) in [5, 5.41) is 0. The van der Waals surface area contributed by atoms with Gasteiger partial charge in [0, 0.05) is 16.7 Å². The van der Waals surface area contributed by atoms with Crippen LogP contribution in [-0.2, 0) is 5.41 Å². The largest absolute Gasteiger partial charge is 0.208 e. The molecule has 3 heteroatoms. The van der Waals surface area contributed by atoms with E-state index in [1.165, 1.54) is 50.1 Å². The summed E-state index contributed by atoms with van der Waals surface area (Å²) in [5.74, 6) is 1.87. The number of fused-ring (bicyclic) bond motifs is 12. The van der Waals surface area contributed by atoms with E-state index >= 15 is 0 Å². The number of benzene rings is 9. The molecule has 1 spiro atoms. The second kappa shape index (κ2) is 14.1. The average Bonchev–Trinajstić information content (AvgIpc) is 3.59. The molecule has 0 saturated heterocycles. The average molecular weight is 776 g/mol. The lowest BCUT2D eigenvalue weighted by atomic mass is 9.66. The van der Waals surface area contributed by atoms with Crippen molar-refractivity contribution in [3.63, 3.8) is 0 Å². The third-order valence-corrected chi connectivity index (χ3v) is 12.6. The maximum absolute atomic E-state index is 5.37. The van der Waals surface area contributed by atoms with E-state index in [-0.39, 0.29) is 0 Å². The van der Waals surface area contributed by atoms with Crippen molar-refractivity contribution in [2.24, 2.45) is 0 Å². The van der Waals surface area contributed by atoms with E-state index in [9.17, 15) is 0 Å². The van der Waals surface area contributed by atoms with Crippen LogP contribution in [0.25, 0.3) is 89.8 Å². The number of hydrogen-bond acceptors (Lipinski definition) is 3. The lowest BCUT2D eigenvalue weighted by Crippen LogP contribution is -2.29. The van der Waals surface area contributed by atoms with Crippen LogP contribution in [0, 0.1) is 0 Å². The molecule has 0 amide bonds. The van der Waals surface area contributed by atoms with E-state index in [4.69, 9.17) is 15.0 Å². The first kappa shape index (κ1) is 35.0. The fourth-order valence-corrected chi connectivity index (χ4v) is 9.96. The van der Waals surface area contributed by atoms with E-state index in [0.29, 0.717) is 17.5 Å². The molecule has 0 fully saturated rings. The summed E-state index contributed by atoms with van der Waals surface area (Å²) in [7, 11) is 0. The monoisotopic (exact) mass is 775 g/mol. The molecule has 10 aromatic rings. The lowest BCUT2D eigenvalue weighted by Gasteiger charge is -2.35. The highest BCUT2D eigenvalue weighted by atomic mass is 15.0. The Hall–Kier alpha value is -8.01. The van der Waals surface area contributed by atoms with Crippen LogP contribution < -0.4 is 0 Å². The van der Waals surface area contributed by atoms with Crippen LogP contribution in [0.3, 0.4) is 0 Å². The maximum Gasteiger partial charge on any atom is 0.164 e. The van der Waals surface area contributed by atoms with E-state index in [1.54, 1.807) is 0 Å². The summed E-state index contributed by atoms with van der Waals surface area (Å²) in [4.78, 5) is 16.0. The molecule has 2 aliphatic carbocycles. The Kier molecular flexibility index (Phi) is 8.07. The molecule has 0 bridgehead atoms. The molecule has 0 N–H and O–H groups in total. The second-order valence-electron chi connectivity index (χ2n) is 15.9. The van der Waals surface area contributed by atoms with Crippen LogP contribution >= 0.6 is 0 Å². The predicted octanol–water partition coefficient (Wildman–Crippen LogP) is 14.2. The van der Waals surface area contributed by atoms with Crippen molar-refractivity contribution >= 4 is 0 Å². The van der Waals surface area contributed by atoms with Crippen molar-refractivity contribution < 1.29 is 0 Å². The number of hydrogen-bond donors (Lipinski definition) is 0. The Labute approximate surface area is 355 Å². The van der Waals surface area contributed by atoms with Gasteiger partial charge in [0.15, 0.2) is 17.5 Å². The van der Waals surface area contributed by atoms with Crippen LogP contribution in [0.15, 0.2) is 224 Å². The van der Waals surface area contributed by atoms with Gasteiger partial charge in [-0.2, -0.15) is 0 Å². The molecule has 61 heavy (non-hydrogen) atoms. The van der Waals surface area contributed by atoms with E-state index in [2.05, 4.69) is 212 Å². The minimum atomic E-state index is -0.557. The fourth-order valence-electron chi connectivity index (χ4n) is 9.96. The third kappa shape index (κ3) is 5.48. The molecular formula is C58H37N3. The zero-order chi connectivity index (χ0) is 40.3. The quantitative estimate of drug-likeness (QED) is 0.175. The molecule has 1 aromatic heterocycles. The normalized spacial score (nSPS) is 12.7. The van der Waals surface area contributed by atoms with Crippen molar-refractivity contribution in [2.45, 2.75) is 5.41 Å². The van der Waals surface area contributed by atoms with Crippen LogP contribution in [0.4, 0.5) is 0 Å². The van der Waals surface area contributed by atoms with Gasteiger partial charge in [0.25, 0.3) is 0 Å². The molecule has 3 nitrogen and oxygen atoms in total. The molecule has 284 valence electrons. The zero-order valence-electron chi connectivity index (χ0n) is 33.2. The van der Waals surface area contributed by atoms with Crippen LogP contribution in [0.2, 0.25) is 0 Å². The summed E-state index contributed by atoms with van der Waals surface area (Å²) in [6.07, 6.45) is 0. The van der Waals surface area contributed by atoms with Gasteiger partial charge in [-0.05, 0) is 90.0 Å². The minimum Gasteiger partial charge on any atom is -0.208 e. The summed E-state index contributed by atoms with van der Waals surface area (Å²) < 4.78 is 0. The van der Waals surface area contributed by atoms with Gasteiger partial charge in [0.1, 0.15) is 0 Å². The zero-order valence-corrected chi connectivity index (χ0v) is 33.2. The van der Waals surface area contributed by atoms with Crippen LogP contribution in [0.5, 0.6) is 0 Å². The molecule has 1 heterocycles. The molecule has 0 atom stereocenters. The van der Waals surface area contributed by atoms with Crippen molar-refractivity contribution in [3.8, 4) is 89.8 Å². The Balaban J connectivity index is 1.13. The third-order valence-electron chi connectivity index (χ3n) is 12.6. The van der Waals surface area contributed by atoms with Crippen molar-refractivity contribution in [1.82, 2.24) is 15.0 Å². The highest BCUT2D eigenvalue weighted by Crippen LogP contribution is 2.61. The Morgan fingerprint density at radius 1 is 0.213 bits per heavy atom. The molecule has 0 saturated carbocycles. The van der Waals surface area contributed by atoms with Gasteiger partial charge in [-0.25, -0.2) is 15.0 Å². The van der Waals surface area contributed by atoms with Crippen molar-refractivity contribution in [3.05, 3.63) is 247 Å². The minimum absolute atomic E-state index is 0.557. The van der Waals surface area contributed by atoms with Gasteiger partial charge in [-0.3, -0.25) is 0 Å². The second-order valence-corrected chi connectivity index (χ2v) is 15.9. The van der Waals surface area contributed by atoms with Crippen LogP contribution in [-0.4, -0.2) is 15.0 Å². The Morgan fingerprint density at radius 3 is 1.21 bits per heavy atom. The van der Waals surface area contributed by atoms with E-state index in [0.717, 1.165) is 44.5 Å². The number of nitrogens with zero attached hydrogens (tertiary/aromatic N) is 3. The van der Waals surface area contributed by atoms with Gasteiger partial charge < -0.3 is 0 Å². The Morgan fingerprint density at radius 2 is 0.607 bits per heavy atom. The summed E-state index contributed by atoms with van der Waals surface area (Å²) in [6, 6.07) is 80.6. The molecule has 2 aliphatic rings. The first-order valence-corrected chi connectivity index (χ1v) is 20.9. The molecule has 9 aromatic carbocycles. The maximum atomic E-state index is 5.37. The summed E-state index contributed by atoms with van der Waals surface area (Å²) in [6.45, 7) is 0. The first-order valence-electron chi connectivity index (χ1n) is 20.9. The predicted molar refractivity (Wildman–Crippen MR) is 249 cm³/mol. The highest BCUT2D eigenvalue weighted by Gasteiger charge is 2.49. The highest BCUT2D eigenvalue weighted by molar-refractivity contribution is 5.98. The SMILES string of the molecule is c1ccc(-c2cccc(-c3nc(-c4ccc5c(c4)-c4ccccc4-c4ccccc4C54c5ccccc5-c5ccccc54)nc(-c4ccccc4-c4ccccc4)n3)c2)cc1. The van der Waals surface area contributed by atoms with E-state index < -0.39 is 5.41 Å². The molecular weight excluding hydrogens is 739 g/mol. The molecule has 0 aliphatic heterocycles. The standard InChI is InChI=1S/C58H37N3/c1-3-18-38(19-4-1)40-22-17-23-41(36-40)55-59-56(61-57(60-55)49-30-10-7-24-43(49)39-20-5-2-6-21-39)42-34-35-54-50(37-42)45-26-9-8-25-44(45)46-27-11-14-31-51(46)58(54)52-32-15-12-28-47(52)48-29-13-16-33-53(48)58/h1-37H. The summed E-state index contributed by atoms with van der Waals surface area (Å²) >= 11 is 0. The smallest absolute Gasteiger partial charge is 0.164 e. The first-order chi connectivity index (χ1) is 30.3. The fraction of sp³-hybridized carbons (Fsp3) is 0.0172. The lowest BCUT2D eigenvalue weighted by molar-refractivity contribution is 0.775. The van der Waals surface area contributed by atoms with Gasteiger partial charge in [-0.15, -0.1) is 0 Å². The van der Waals surface area contributed by atoms with Crippen molar-refractivity contribution in [1.29, 1.82) is 0 Å². The Bertz CT molecular complexity index is 3270. The van der Waals surface area contributed by atoms with Crippen LogP contribution in [0.1, 0.15) is 22.3 Å². The van der Waals surface area contributed by atoms with Gasteiger partial charge in [0.05, 0.1) is 5.41 Å².